The summed E-state index contributed by atoms with van der Waals surface area (Å²) in [4.78, 5) is 5.23. The van der Waals surface area contributed by atoms with Gasteiger partial charge in [-0.05, 0) is 60.2 Å². The third-order valence-electron chi connectivity index (χ3n) is 6.24. The Labute approximate surface area is 192 Å². The number of benzene rings is 4. The van der Waals surface area contributed by atoms with Gasteiger partial charge in [0.05, 0.1) is 5.52 Å². The summed E-state index contributed by atoms with van der Waals surface area (Å²) in [5.41, 5.74) is 6.34. The molecule has 0 radical (unpaired) electrons. The van der Waals surface area contributed by atoms with Crippen molar-refractivity contribution in [3.05, 3.63) is 126 Å². The van der Waals surface area contributed by atoms with Gasteiger partial charge in [-0.1, -0.05) is 78.9 Å². The van der Waals surface area contributed by atoms with Crippen molar-refractivity contribution in [1.29, 1.82) is 0 Å². The first-order chi connectivity index (χ1) is 15.8. The van der Waals surface area contributed by atoms with Gasteiger partial charge in [0.2, 0.25) is 0 Å². The lowest BCUT2D eigenvalue weighted by atomic mass is 9.96. The Morgan fingerprint density at radius 1 is 0.594 bits per heavy atom. The minimum absolute atomic E-state index is 0.909. The summed E-state index contributed by atoms with van der Waals surface area (Å²) >= 11 is 1.87. The highest BCUT2D eigenvalue weighted by Crippen LogP contribution is 2.38. The van der Waals surface area contributed by atoms with Crippen LogP contribution in [-0.4, -0.2) is 4.98 Å². The summed E-state index contributed by atoms with van der Waals surface area (Å²) in [7, 11) is 0. The van der Waals surface area contributed by atoms with Gasteiger partial charge in [-0.3, -0.25) is 4.98 Å². The third kappa shape index (κ3) is 3.57. The molecule has 1 nitrogen and oxygen atoms in total. The summed E-state index contributed by atoms with van der Waals surface area (Å²) in [6, 6.07) is 37.1. The van der Waals surface area contributed by atoms with Gasteiger partial charge in [0.1, 0.15) is 0 Å². The van der Waals surface area contributed by atoms with Gasteiger partial charge in [0, 0.05) is 31.3 Å². The van der Waals surface area contributed by atoms with Crippen molar-refractivity contribution in [2.45, 2.75) is 19.3 Å². The molecule has 0 aliphatic carbocycles. The molecule has 154 valence electrons. The largest absolute Gasteiger partial charge is 0.253 e. The highest BCUT2D eigenvalue weighted by atomic mass is 32.1. The predicted octanol–water partition coefficient (Wildman–Crippen LogP) is 7.98. The molecule has 0 unspecified atom stereocenters. The average Bonchev–Trinajstić information content (AvgIpc) is 3.23. The number of fused-ring (bicyclic) bond motifs is 5. The SMILES string of the molecule is c1ccc(CCc2nc3ccc4sc5ccccc5c4c3cc2Cc2ccccc2)cc1. The lowest BCUT2D eigenvalue weighted by Crippen LogP contribution is -2.02. The summed E-state index contributed by atoms with van der Waals surface area (Å²) in [6.45, 7) is 0. The molecule has 0 aliphatic rings. The summed E-state index contributed by atoms with van der Waals surface area (Å²) in [5, 5.41) is 3.96. The van der Waals surface area contributed by atoms with E-state index < -0.39 is 0 Å². The monoisotopic (exact) mass is 429 g/mol. The average molecular weight is 430 g/mol. The molecule has 0 saturated heterocycles. The normalized spacial score (nSPS) is 11.5. The Kier molecular flexibility index (Phi) is 4.93. The van der Waals surface area contributed by atoms with Crippen LogP contribution < -0.4 is 0 Å². The van der Waals surface area contributed by atoms with E-state index in [0.717, 1.165) is 24.8 Å². The van der Waals surface area contributed by atoms with Crippen LogP contribution in [0.1, 0.15) is 22.4 Å². The lowest BCUT2D eigenvalue weighted by Gasteiger charge is -2.12. The van der Waals surface area contributed by atoms with Crippen molar-refractivity contribution in [1.82, 2.24) is 4.98 Å². The van der Waals surface area contributed by atoms with Crippen molar-refractivity contribution in [2.24, 2.45) is 0 Å². The fourth-order valence-electron chi connectivity index (χ4n) is 4.64. The number of hydrogen-bond donors (Lipinski definition) is 0. The molecule has 2 aromatic heterocycles. The van der Waals surface area contributed by atoms with Crippen molar-refractivity contribution in [3.63, 3.8) is 0 Å². The van der Waals surface area contributed by atoms with Crippen LogP contribution >= 0.6 is 11.3 Å². The Morgan fingerprint density at radius 2 is 1.31 bits per heavy atom. The van der Waals surface area contributed by atoms with E-state index in [1.165, 1.54) is 47.9 Å². The zero-order valence-electron chi connectivity index (χ0n) is 17.8. The number of hydrogen-bond acceptors (Lipinski definition) is 2. The van der Waals surface area contributed by atoms with Gasteiger partial charge < -0.3 is 0 Å². The zero-order chi connectivity index (χ0) is 21.3. The number of pyridine rings is 1. The van der Waals surface area contributed by atoms with Crippen molar-refractivity contribution < 1.29 is 0 Å². The molecule has 6 rings (SSSR count). The maximum Gasteiger partial charge on any atom is 0.0712 e. The number of nitrogens with zero attached hydrogens (tertiary/aromatic N) is 1. The summed E-state index contributed by atoms with van der Waals surface area (Å²) in [6.07, 6.45) is 2.86. The molecular formula is C30H23NS. The first-order valence-electron chi connectivity index (χ1n) is 11.2. The van der Waals surface area contributed by atoms with E-state index >= 15 is 0 Å². The highest BCUT2D eigenvalue weighted by Gasteiger charge is 2.13. The topological polar surface area (TPSA) is 12.9 Å². The van der Waals surface area contributed by atoms with Crippen LogP contribution in [0.4, 0.5) is 0 Å². The zero-order valence-corrected chi connectivity index (χ0v) is 18.6. The molecule has 0 amide bonds. The van der Waals surface area contributed by atoms with Gasteiger partial charge in [-0.2, -0.15) is 0 Å². The van der Waals surface area contributed by atoms with Crippen LogP contribution in [0.3, 0.4) is 0 Å². The van der Waals surface area contributed by atoms with Crippen molar-refractivity contribution in [3.8, 4) is 0 Å². The minimum atomic E-state index is 0.909. The molecule has 4 aromatic carbocycles. The van der Waals surface area contributed by atoms with E-state index in [2.05, 4.69) is 103 Å². The molecule has 0 spiro atoms. The number of thiophene rings is 1. The van der Waals surface area contributed by atoms with Gasteiger partial charge in [0.15, 0.2) is 0 Å². The molecule has 0 N–H and O–H groups in total. The number of aromatic nitrogens is 1. The first-order valence-corrected chi connectivity index (χ1v) is 12.0. The maximum atomic E-state index is 5.23. The standard InChI is InChI=1S/C30H23NS/c1-3-9-21(10-4-1)15-16-26-23(19-22-11-5-2-6-12-22)20-25-27(31-26)17-18-29-30(25)24-13-7-8-14-28(24)32-29/h1-14,17-18,20H,15-16,19H2. The minimum Gasteiger partial charge on any atom is -0.253 e. The Bertz CT molecular complexity index is 1530. The van der Waals surface area contributed by atoms with Gasteiger partial charge >= 0.3 is 0 Å². The lowest BCUT2D eigenvalue weighted by molar-refractivity contribution is 0.898. The molecule has 0 bridgehead atoms. The number of aryl methyl sites for hydroxylation is 2. The summed E-state index contributed by atoms with van der Waals surface area (Å²) < 4.78 is 2.68. The molecule has 2 heterocycles. The van der Waals surface area contributed by atoms with E-state index in [9.17, 15) is 0 Å². The van der Waals surface area contributed by atoms with Crippen molar-refractivity contribution >= 4 is 42.4 Å². The second-order valence-corrected chi connectivity index (χ2v) is 9.43. The third-order valence-corrected chi connectivity index (χ3v) is 7.37. The molecular weight excluding hydrogens is 406 g/mol. The smallest absolute Gasteiger partial charge is 0.0712 e. The predicted molar refractivity (Wildman–Crippen MR) is 138 cm³/mol. The Morgan fingerprint density at radius 3 is 2.12 bits per heavy atom. The van der Waals surface area contributed by atoms with Crippen LogP contribution in [-0.2, 0) is 19.3 Å². The van der Waals surface area contributed by atoms with Crippen LogP contribution in [0.2, 0.25) is 0 Å². The van der Waals surface area contributed by atoms with Gasteiger partial charge in [-0.15, -0.1) is 11.3 Å². The first kappa shape index (κ1) is 19.2. The van der Waals surface area contributed by atoms with Crippen LogP contribution in [0.5, 0.6) is 0 Å². The van der Waals surface area contributed by atoms with Gasteiger partial charge in [0.25, 0.3) is 0 Å². The molecule has 0 saturated carbocycles. The molecule has 6 aromatic rings. The second-order valence-electron chi connectivity index (χ2n) is 8.35. The quantitative estimate of drug-likeness (QED) is 0.271. The highest BCUT2D eigenvalue weighted by molar-refractivity contribution is 7.26. The molecule has 0 fully saturated rings. The molecule has 0 aliphatic heterocycles. The van der Waals surface area contributed by atoms with Gasteiger partial charge in [-0.25, -0.2) is 0 Å². The second kappa shape index (κ2) is 8.22. The van der Waals surface area contributed by atoms with E-state index in [1.54, 1.807) is 0 Å². The summed E-state index contributed by atoms with van der Waals surface area (Å²) in [5.74, 6) is 0. The molecule has 32 heavy (non-hydrogen) atoms. The fraction of sp³-hybridized carbons (Fsp3) is 0.100. The van der Waals surface area contributed by atoms with E-state index in [1.807, 2.05) is 11.3 Å². The van der Waals surface area contributed by atoms with Crippen LogP contribution in [0, 0.1) is 0 Å². The van der Waals surface area contributed by atoms with Crippen molar-refractivity contribution in [2.75, 3.05) is 0 Å². The Balaban J connectivity index is 1.52. The maximum absolute atomic E-state index is 5.23. The van der Waals surface area contributed by atoms with Crippen LogP contribution in [0.15, 0.2) is 103 Å². The Hall–Kier alpha value is -3.49. The van der Waals surface area contributed by atoms with Crippen LogP contribution in [0.25, 0.3) is 31.1 Å². The molecule has 0 atom stereocenters. The van der Waals surface area contributed by atoms with E-state index in [-0.39, 0.29) is 0 Å². The number of rotatable bonds is 5. The van der Waals surface area contributed by atoms with E-state index in [0.29, 0.717) is 0 Å². The molecule has 2 heteroatoms. The van der Waals surface area contributed by atoms with E-state index in [4.69, 9.17) is 4.98 Å². The fourth-order valence-corrected chi connectivity index (χ4v) is 5.76.